The molecule has 2 aromatic carbocycles. The number of hydrogen-bond donors (Lipinski definition) is 1. The van der Waals surface area contributed by atoms with Crippen LogP contribution >= 0.6 is 23.4 Å². The number of carbonyl (C=O) groups excluding carboxylic acids is 1. The Kier molecular flexibility index (Phi) is 5.64. The lowest BCUT2D eigenvalue weighted by molar-refractivity contribution is -0.113. The normalized spacial score (nSPS) is 10.8. The lowest BCUT2D eigenvalue weighted by atomic mass is 10.1. The number of benzene rings is 2. The Hall–Kier alpha value is -2.31. The van der Waals surface area contributed by atoms with Crippen molar-refractivity contribution in [2.24, 2.45) is 7.05 Å². The first-order chi connectivity index (χ1) is 12.4. The number of aryl methyl sites for hydroxylation is 2. The number of nitrogens with zero attached hydrogens (tertiary/aromatic N) is 3. The number of anilines is 1. The molecule has 0 bridgehead atoms. The second-order valence-electron chi connectivity index (χ2n) is 6.01. The van der Waals surface area contributed by atoms with Gasteiger partial charge in [0.1, 0.15) is 0 Å². The van der Waals surface area contributed by atoms with Gasteiger partial charge in [-0.25, -0.2) is 0 Å². The van der Waals surface area contributed by atoms with E-state index in [1.807, 2.05) is 67.9 Å². The van der Waals surface area contributed by atoms with Crippen molar-refractivity contribution >= 4 is 35.0 Å². The molecule has 3 aromatic rings. The van der Waals surface area contributed by atoms with Crippen LogP contribution in [0.4, 0.5) is 5.69 Å². The van der Waals surface area contributed by atoms with Crippen LogP contribution in [0.2, 0.25) is 5.02 Å². The lowest BCUT2D eigenvalue weighted by Gasteiger charge is -2.08. The Labute approximate surface area is 161 Å². The van der Waals surface area contributed by atoms with Crippen LogP contribution in [0.3, 0.4) is 0 Å². The maximum Gasteiger partial charge on any atom is 0.234 e. The first kappa shape index (κ1) is 18.5. The number of halogens is 1. The van der Waals surface area contributed by atoms with Gasteiger partial charge in [0.25, 0.3) is 0 Å². The molecule has 0 saturated carbocycles. The monoisotopic (exact) mass is 386 g/mol. The van der Waals surface area contributed by atoms with E-state index in [2.05, 4.69) is 15.5 Å². The molecule has 7 heteroatoms. The molecule has 0 atom stereocenters. The van der Waals surface area contributed by atoms with E-state index in [9.17, 15) is 4.79 Å². The minimum absolute atomic E-state index is 0.0747. The van der Waals surface area contributed by atoms with E-state index < -0.39 is 0 Å². The van der Waals surface area contributed by atoms with Crippen LogP contribution < -0.4 is 5.32 Å². The number of hydrogen-bond acceptors (Lipinski definition) is 4. The predicted molar refractivity (Wildman–Crippen MR) is 107 cm³/mol. The van der Waals surface area contributed by atoms with Crippen molar-refractivity contribution in [2.45, 2.75) is 19.0 Å². The lowest BCUT2D eigenvalue weighted by Crippen LogP contribution is -2.14. The third-order valence-electron chi connectivity index (χ3n) is 4.06. The summed E-state index contributed by atoms with van der Waals surface area (Å²) in [4.78, 5) is 12.2. The van der Waals surface area contributed by atoms with E-state index >= 15 is 0 Å². The maximum atomic E-state index is 12.2. The van der Waals surface area contributed by atoms with Crippen molar-refractivity contribution in [2.75, 3.05) is 11.1 Å². The topological polar surface area (TPSA) is 59.8 Å². The van der Waals surface area contributed by atoms with Crippen molar-refractivity contribution in [3.8, 4) is 11.4 Å². The van der Waals surface area contributed by atoms with E-state index in [0.717, 1.165) is 22.6 Å². The highest BCUT2D eigenvalue weighted by Gasteiger charge is 2.13. The summed E-state index contributed by atoms with van der Waals surface area (Å²) in [6.07, 6.45) is 0. The molecule has 3 rings (SSSR count). The zero-order valence-electron chi connectivity index (χ0n) is 14.8. The van der Waals surface area contributed by atoms with Gasteiger partial charge >= 0.3 is 0 Å². The van der Waals surface area contributed by atoms with Gasteiger partial charge in [-0.1, -0.05) is 29.4 Å². The van der Waals surface area contributed by atoms with Crippen LogP contribution in [0.15, 0.2) is 47.6 Å². The van der Waals surface area contributed by atoms with Crippen molar-refractivity contribution in [3.63, 3.8) is 0 Å². The zero-order chi connectivity index (χ0) is 18.7. The predicted octanol–water partition coefficient (Wildman–Crippen LogP) is 4.48. The molecule has 134 valence electrons. The Morgan fingerprint density at radius 3 is 2.54 bits per heavy atom. The second kappa shape index (κ2) is 7.93. The molecule has 0 spiro atoms. The molecule has 0 fully saturated rings. The number of amides is 1. The molecule has 0 aliphatic heterocycles. The van der Waals surface area contributed by atoms with Crippen molar-refractivity contribution in [1.82, 2.24) is 14.8 Å². The van der Waals surface area contributed by atoms with Crippen LogP contribution in [-0.2, 0) is 11.8 Å². The number of thioether (sulfide) groups is 1. The highest BCUT2D eigenvalue weighted by molar-refractivity contribution is 7.99. The summed E-state index contributed by atoms with van der Waals surface area (Å²) in [6, 6.07) is 13.3. The Bertz CT molecular complexity index is 937. The fourth-order valence-electron chi connectivity index (χ4n) is 2.44. The van der Waals surface area contributed by atoms with Gasteiger partial charge in [0.2, 0.25) is 5.91 Å². The van der Waals surface area contributed by atoms with Crippen molar-refractivity contribution in [1.29, 1.82) is 0 Å². The third kappa shape index (κ3) is 4.26. The zero-order valence-corrected chi connectivity index (χ0v) is 16.4. The van der Waals surface area contributed by atoms with Gasteiger partial charge in [0.05, 0.1) is 5.75 Å². The molecule has 0 aliphatic rings. The minimum Gasteiger partial charge on any atom is -0.325 e. The number of nitrogens with one attached hydrogen (secondary N) is 1. The summed E-state index contributed by atoms with van der Waals surface area (Å²) in [5, 5.41) is 12.7. The Morgan fingerprint density at radius 1 is 1.12 bits per heavy atom. The van der Waals surface area contributed by atoms with Crippen LogP contribution in [0.25, 0.3) is 11.4 Å². The first-order valence-corrected chi connectivity index (χ1v) is 9.45. The van der Waals surface area contributed by atoms with Gasteiger partial charge in [-0.3, -0.25) is 4.79 Å². The number of carbonyl (C=O) groups is 1. The molecule has 5 nitrogen and oxygen atoms in total. The number of rotatable bonds is 5. The van der Waals surface area contributed by atoms with Crippen LogP contribution in [0.1, 0.15) is 11.1 Å². The fraction of sp³-hybridized carbons (Fsp3) is 0.211. The largest absolute Gasteiger partial charge is 0.325 e. The molecule has 1 heterocycles. The number of aromatic nitrogens is 3. The van der Waals surface area contributed by atoms with Crippen molar-refractivity contribution in [3.05, 3.63) is 58.6 Å². The molecule has 1 aromatic heterocycles. The average Bonchev–Trinajstić information content (AvgIpc) is 2.98. The molecule has 1 N–H and O–H groups in total. The van der Waals surface area contributed by atoms with Gasteiger partial charge in [-0.15, -0.1) is 10.2 Å². The third-order valence-corrected chi connectivity index (χ3v) is 5.33. The first-order valence-electron chi connectivity index (χ1n) is 8.09. The smallest absolute Gasteiger partial charge is 0.234 e. The fourth-order valence-corrected chi connectivity index (χ4v) is 3.27. The molecule has 0 radical (unpaired) electrons. The van der Waals surface area contributed by atoms with Crippen LogP contribution in [0.5, 0.6) is 0 Å². The summed E-state index contributed by atoms with van der Waals surface area (Å²) in [7, 11) is 1.88. The van der Waals surface area contributed by atoms with Crippen LogP contribution in [0, 0.1) is 13.8 Å². The summed E-state index contributed by atoms with van der Waals surface area (Å²) in [5.41, 5.74) is 4.08. The maximum absolute atomic E-state index is 12.2. The molecular weight excluding hydrogens is 368 g/mol. The highest BCUT2D eigenvalue weighted by Crippen LogP contribution is 2.24. The molecular formula is C19H19ClN4OS. The highest BCUT2D eigenvalue weighted by atomic mass is 35.5. The van der Waals surface area contributed by atoms with E-state index in [-0.39, 0.29) is 11.7 Å². The standard InChI is InChI=1S/C19H19ClN4OS/c1-12-4-9-16(10-13(12)2)21-17(25)11-26-19-23-22-18(24(19)3)14-5-7-15(20)8-6-14/h4-10H,11H2,1-3H3,(H,21,25). The van der Waals surface area contributed by atoms with E-state index in [1.165, 1.54) is 17.3 Å². The molecule has 0 saturated heterocycles. The Balaban J connectivity index is 1.63. The SMILES string of the molecule is Cc1ccc(NC(=O)CSc2nnc(-c3ccc(Cl)cc3)n2C)cc1C. The van der Waals surface area contributed by atoms with E-state index in [0.29, 0.717) is 10.2 Å². The van der Waals surface area contributed by atoms with Gasteiger partial charge in [0.15, 0.2) is 11.0 Å². The minimum atomic E-state index is -0.0747. The molecule has 0 aliphatic carbocycles. The van der Waals surface area contributed by atoms with E-state index in [4.69, 9.17) is 11.6 Å². The van der Waals surface area contributed by atoms with Crippen LogP contribution in [-0.4, -0.2) is 26.4 Å². The Morgan fingerprint density at radius 2 is 1.85 bits per heavy atom. The molecule has 1 amide bonds. The summed E-state index contributed by atoms with van der Waals surface area (Å²) < 4.78 is 1.87. The molecule has 26 heavy (non-hydrogen) atoms. The van der Waals surface area contributed by atoms with Gasteiger partial charge in [-0.2, -0.15) is 0 Å². The van der Waals surface area contributed by atoms with Crippen molar-refractivity contribution < 1.29 is 4.79 Å². The summed E-state index contributed by atoms with van der Waals surface area (Å²) >= 11 is 7.27. The summed E-state index contributed by atoms with van der Waals surface area (Å²) in [6.45, 7) is 4.07. The van der Waals surface area contributed by atoms with E-state index in [1.54, 1.807) is 0 Å². The molecule has 0 unspecified atom stereocenters. The second-order valence-corrected chi connectivity index (χ2v) is 7.39. The van der Waals surface area contributed by atoms with Gasteiger partial charge in [0, 0.05) is 23.3 Å². The van der Waals surface area contributed by atoms with Gasteiger partial charge in [-0.05, 0) is 61.4 Å². The quantitative estimate of drug-likeness (QED) is 0.656. The van der Waals surface area contributed by atoms with Gasteiger partial charge < -0.3 is 9.88 Å². The summed E-state index contributed by atoms with van der Waals surface area (Å²) in [5.74, 6) is 0.924. The average molecular weight is 387 g/mol.